The van der Waals surface area contributed by atoms with Gasteiger partial charge in [0.25, 0.3) is 0 Å². The van der Waals surface area contributed by atoms with Crippen molar-refractivity contribution in [1.29, 1.82) is 0 Å². The summed E-state index contributed by atoms with van der Waals surface area (Å²) in [6.07, 6.45) is 6.77. The Morgan fingerprint density at radius 3 is 2.28 bits per heavy atom. The second-order valence-corrected chi connectivity index (χ2v) is 8.82. The van der Waals surface area contributed by atoms with Crippen molar-refractivity contribution in [2.24, 2.45) is 0 Å². The predicted octanol–water partition coefficient (Wildman–Crippen LogP) is 2.70. The van der Waals surface area contributed by atoms with E-state index in [0.29, 0.717) is 5.69 Å². The molecule has 25 heavy (non-hydrogen) atoms. The highest BCUT2D eigenvalue weighted by atomic mass is 32.2. The third kappa shape index (κ3) is 6.23. The molecule has 0 aromatic heterocycles. The lowest BCUT2D eigenvalue weighted by Crippen LogP contribution is -2.45. The molecule has 0 atom stereocenters. The van der Waals surface area contributed by atoms with Crippen LogP contribution in [0.1, 0.15) is 43.2 Å². The molecule has 0 spiro atoms. The van der Waals surface area contributed by atoms with Gasteiger partial charge in [0.05, 0.1) is 18.5 Å². The summed E-state index contributed by atoms with van der Waals surface area (Å²) in [4.78, 5) is 12.0. The van der Waals surface area contributed by atoms with E-state index in [1.807, 2.05) is 32.0 Å². The van der Waals surface area contributed by atoms with E-state index in [-0.39, 0.29) is 25.2 Å². The number of aryl methyl sites for hydroxylation is 2. The first-order valence-corrected chi connectivity index (χ1v) is 10.7. The molecule has 0 saturated heterocycles. The molecule has 6 nitrogen and oxygen atoms in total. The molecule has 2 N–H and O–H groups in total. The summed E-state index contributed by atoms with van der Waals surface area (Å²) in [7, 11) is -3.41. The Labute approximate surface area is 151 Å². The highest BCUT2D eigenvalue weighted by Crippen LogP contribution is 2.21. The van der Waals surface area contributed by atoms with Gasteiger partial charge in [-0.2, -0.15) is 0 Å². The number of anilines is 1. The summed E-state index contributed by atoms with van der Waals surface area (Å²) in [6.45, 7) is 4.35. The van der Waals surface area contributed by atoms with Crippen LogP contribution in [0.4, 0.5) is 10.5 Å². The van der Waals surface area contributed by atoms with E-state index in [4.69, 9.17) is 0 Å². The summed E-state index contributed by atoms with van der Waals surface area (Å²) >= 11 is 0. The average Bonchev–Trinajstić information content (AvgIpc) is 2.50. The van der Waals surface area contributed by atoms with E-state index in [9.17, 15) is 13.2 Å². The van der Waals surface area contributed by atoms with Crippen LogP contribution in [0.25, 0.3) is 0 Å². The first kappa shape index (κ1) is 19.6. The van der Waals surface area contributed by atoms with Gasteiger partial charge < -0.3 is 10.6 Å². The van der Waals surface area contributed by atoms with Crippen LogP contribution in [0.3, 0.4) is 0 Å². The number of amides is 2. The molecular formula is C18H29N3O3S. The topological polar surface area (TPSA) is 78.5 Å². The smallest absolute Gasteiger partial charge is 0.315 e. The van der Waals surface area contributed by atoms with Crippen LogP contribution >= 0.6 is 0 Å². The molecule has 1 saturated carbocycles. The highest BCUT2D eigenvalue weighted by molar-refractivity contribution is 7.92. The molecule has 0 radical (unpaired) electrons. The molecule has 2 rings (SSSR count). The molecular weight excluding hydrogens is 338 g/mol. The van der Waals surface area contributed by atoms with Crippen LogP contribution in [0.2, 0.25) is 0 Å². The zero-order valence-corrected chi connectivity index (χ0v) is 16.2. The summed E-state index contributed by atoms with van der Waals surface area (Å²) < 4.78 is 25.6. The Kier molecular flexibility index (Phi) is 6.70. The van der Waals surface area contributed by atoms with E-state index < -0.39 is 10.0 Å². The van der Waals surface area contributed by atoms with Gasteiger partial charge in [0, 0.05) is 12.6 Å². The monoisotopic (exact) mass is 367 g/mol. The van der Waals surface area contributed by atoms with Crippen molar-refractivity contribution in [3.8, 4) is 0 Å². The SMILES string of the molecule is Cc1cc(C)cc(N(CCNC(=O)NC2CCCCC2)S(C)(=O)=O)c1. The fourth-order valence-electron chi connectivity index (χ4n) is 3.34. The number of rotatable bonds is 6. The Morgan fingerprint density at radius 1 is 1.12 bits per heavy atom. The Bertz CT molecular complexity index is 677. The van der Waals surface area contributed by atoms with Gasteiger partial charge in [0.15, 0.2) is 0 Å². The molecule has 0 aliphatic heterocycles. The maximum absolute atomic E-state index is 12.1. The van der Waals surface area contributed by atoms with E-state index >= 15 is 0 Å². The minimum absolute atomic E-state index is 0.208. The van der Waals surface area contributed by atoms with Gasteiger partial charge in [0.1, 0.15) is 0 Å². The van der Waals surface area contributed by atoms with Crippen molar-refractivity contribution < 1.29 is 13.2 Å². The maximum Gasteiger partial charge on any atom is 0.315 e. The predicted molar refractivity (Wildman–Crippen MR) is 102 cm³/mol. The van der Waals surface area contributed by atoms with Crippen molar-refractivity contribution in [2.75, 3.05) is 23.7 Å². The van der Waals surface area contributed by atoms with Gasteiger partial charge in [-0.25, -0.2) is 13.2 Å². The third-order valence-corrected chi connectivity index (χ3v) is 5.63. The number of carbonyl (C=O) groups is 1. The largest absolute Gasteiger partial charge is 0.336 e. The number of sulfonamides is 1. The van der Waals surface area contributed by atoms with Gasteiger partial charge in [0.2, 0.25) is 10.0 Å². The lowest BCUT2D eigenvalue weighted by molar-refractivity contribution is 0.233. The summed E-state index contributed by atoms with van der Waals surface area (Å²) in [5.41, 5.74) is 2.65. The van der Waals surface area contributed by atoms with Gasteiger partial charge in [-0.05, 0) is 49.9 Å². The first-order chi connectivity index (χ1) is 11.8. The average molecular weight is 368 g/mol. The fourth-order valence-corrected chi connectivity index (χ4v) is 4.25. The molecule has 140 valence electrons. The van der Waals surface area contributed by atoms with E-state index in [0.717, 1.165) is 36.8 Å². The van der Waals surface area contributed by atoms with Crippen LogP contribution in [-0.4, -0.2) is 39.8 Å². The molecule has 1 aliphatic rings. The van der Waals surface area contributed by atoms with Gasteiger partial charge in [-0.1, -0.05) is 25.3 Å². The summed E-state index contributed by atoms with van der Waals surface area (Å²) in [5, 5.41) is 5.75. The number of carbonyl (C=O) groups excluding carboxylic acids is 1. The standard InChI is InChI=1S/C18H29N3O3S/c1-14-11-15(2)13-17(12-14)21(25(3,23)24)10-9-19-18(22)20-16-7-5-4-6-8-16/h11-13,16H,4-10H2,1-3H3,(H2,19,20,22). The fraction of sp³-hybridized carbons (Fsp3) is 0.611. The zero-order chi connectivity index (χ0) is 18.4. The second-order valence-electron chi connectivity index (χ2n) is 6.92. The minimum Gasteiger partial charge on any atom is -0.336 e. The van der Waals surface area contributed by atoms with Crippen LogP contribution in [-0.2, 0) is 10.0 Å². The zero-order valence-electron chi connectivity index (χ0n) is 15.3. The van der Waals surface area contributed by atoms with Crippen molar-refractivity contribution in [3.05, 3.63) is 29.3 Å². The lowest BCUT2D eigenvalue weighted by atomic mass is 9.96. The molecule has 1 aromatic carbocycles. The number of urea groups is 1. The third-order valence-electron chi connectivity index (χ3n) is 4.44. The van der Waals surface area contributed by atoms with Crippen molar-refractivity contribution >= 4 is 21.7 Å². The van der Waals surface area contributed by atoms with Crippen molar-refractivity contribution in [3.63, 3.8) is 0 Å². The molecule has 1 fully saturated rings. The molecule has 0 bridgehead atoms. The second kappa shape index (κ2) is 8.56. The number of nitrogens with one attached hydrogen (secondary N) is 2. The molecule has 1 aliphatic carbocycles. The summed E-state index contributed by atoms with van der Waals surface area (Å²) in [5.74, 6) is 0. The van der Waals surface area contributed by atoms with Gasteiger partial charge in [-0.3, -0.25) is 4.31 Å². The van der Waals surface area contributed by atoms with Crippen LogP contribution < -0.4 is 14.9 Å². The van der Waals surface area contributed by atoms with Gasteiger partial charge >= 0.3 is 6.03 Å². The van der Waals surface area contributed by atoms with E-state index in [1.165, 1.54) is 17.0 Å². The normalized spacial score (nSPS) is 15.6. The molecule has 1 aromatic rings. The van der Waals surface area contributed by atoms with Crippen LogP contribution in [0.5, 0.6) is 0 Å². The Hall–Kier alpha value is -1.76. The molecule has 2 amide bonds. The minimum atomic E-state index is -3.41. The van der Waals surface area contributed by atoms with E-state index in [2.05, 4.69) is 10.6 Å². The van der Waals surface area contributed by atoms with Crippen LogP contribution in [0.15, 0.2) is 18.2 Å². The van der Waals surface area contributed by atoms with Gasteiger partial charge in [-0.15, -0.1) is 0 Å². The number of nitrogens with zero attached hydrogens (tertiary/aromatic N) is 1. The summed E-state index contributed by atoms with van der Waals surface area (Å²) in [6, 6.07) is 5.70. The lowest BCUT2D eigenvalue weighted by Gasteiger charge is -2.25. The molecule has 7 heteroatoms. The first-order valence-electron chi connectivity index (χ1n) is 8.86. The van der Waals surface area contributed by atoms with Crippen molar-refractivity contribution in [1.82, 2.24) is 10.6 Å². The molecule has 0 unspecified atom stereocenters. The van der Waals surface area contributed by atoms with Crippen molar-refractivity contribution in [2.45, 2.75) is 52.0 Å². The number of benzene rings is 1. The Balaban J connectivity index is 1.93. The number of hydrogen-bond donors (Lipinski definition) is 2. The van der Waals surface area contributed by atoms with E-state index in [1.54, 1.807) is 0 Å². The highest BCUT2D eigenvalue weighted by Gasteiger charge is 2.19. The quantitative estimate of drug-likeness (QED) is 0.811. The van der Waals surface area contributed by atoms with Crippen LogP contribution in [0, 0.1) is 13.8 Å². The molecule has 0 heterocycles. The maximum atomic E-state index is 12.1. The Morgan fingerprint density at radius 2 is 1.72 bits per heavy atom. The number of hydrogen-bond acceptors (Lipinski definition) is 3.